The predicted molar refractivity (Wildman–Crippen MR) is 67.2 cm³/mol. The number of anilines is 1. The molecule has 0 spiro atoms. The first-order valence-corrected chi connectivity index (χ1v) is 5.91. The van der Waals surface area contributed by atoms with Crippen molar-refractivity contribution in [1.82, 2.24) is 9.97 Å². The summed E-state index contributed by atoms with van der Waals surface area (Å²) in [6.45, 7) is 1.71. The van der Waals surface area contributed by atoms with Gasteiger partial charge in [-0.1, -0.05) is 12.1 Å². The van der Waals surface area contributed by atoms with E-state index in [9.17, 15) is 17.6 Å². The summed E-state index contributed by atoms with van der Waals surface area (Å²) in [6, 6.07) is 5.26. The van der Waals surface area contributed by atoms with Crippen LogP contribution in [0.3, 0.4) is 0 Å². The molecule has 21 heavy (non-hydrogen) atoms. The van der Waals surface area contributed by atoms with E-state index >= 15 is 0 Å². The van der Waals surface area contributed by atoms with Crippen molar-refractivity contribution in [3.63, 3.8) is 0 Å². The number of hydrogen-bond acceptors (Lipinski definition) is 4. The molecule has 0 radical (unpaired) electrons. The molecule has 1 aromatic heterocycles. The van der Waals surface area contributed by atoms with Gasteiger partial charge in [-0.15, -0.1) is 13.2 Å². The summed E-state index contributed by atoms with van der Waals surface area (Å²) in [4.78, 5) is 7.44. The van der Waals surface area contributed by atoms with Crippen LogP contribution in [0.1, 0.15) is 11.3 Å². The maximum atomic E-state index is 13.6. The molecule has 2 rings (SSSR count). The Kier molecular flexibility index (Phi) is 4.25. The lowest BCUT2D eigenvalue weighted by Crippen LogP contribution is -2.17. The molecule has 0 amide bonds. The maximum absolute atomic E-state index is 13.6. The number of nitrogens with one attached hydrogen (secondary N) is 1. The zero-order valence-corrected chi connectivity index (χ0v) is 10.9. The van der Waals surface area contributed by atoms with Gasteiger partial charge in [0, 0.05) is 6.54 Å². The molecule has 2 aromatic rings. The van der Waals surface area contributed by atoms with Crippen LogP contribution in [0.15, 0.2) is 30.6 Å². The lowest BCUT2D eigenvalue weighted by Gasteiger charge is -2.10. The highest BCUT2D eigenvalue weighted by molar-refractivity contribution is 5.38. The predicted octanol–water partition coefficient (Wildman–Crippen LogP) is 3.43. The Labute approximate surface area is 117 Å². The molecule has 1 N–H and O–H groups in total. The van der Waals surface area contributed by atoms with Crippen molar-refractivity contribution in [2.45, 2.75) is 19.8 Å². The van der Waals surface area contributed by atoms with Crippen molar-refractivity contribution in [1.29, 1.82) is 0 Å². The Morgan fingerprint density at radius 3 is 2.43 bits per heavy atom. The summed E-state index contributed by atoms with van der Waals surface area (Å²) in [5.41, 5.74) is 0.863. The molecule has 0 atom stereocenters. The number of rotatable bonds is 4. The quantitative estimate of drug-likeness (QED) is 0.879. The van der Waals surface area contributed by atoms with E-state index in [4.69, 9.17) is 0 Å². The van der Waals surface area contributed by atoms with Crippen LogP contribution in [0.25, 0.3) is 0 Å². The van der Waals surface area contributed by atoms with Gasteiger partial charge in [-0.3, -0.25) is 0 Å². The summed E-state index contributed by atoms with van der Waals surface area (Å²) < 4.78 is 53.4. The van der Waals surface area contributed by atoms with Crippen LogP contribution in [-0.2, 0) is 6.54 Å². The number of aryl methyl sites for hydroxylation is 1. The van der Waals surface area contributed by atoms with E-state index in [-0.39, 0.29) is 23.8 Å². The number of halogens is 4. The Balaban J connectivity index is 1.99. The SMILES string of the molecule is Cc1ncnc(NCc2ccc(OC(F)(F)F)cc2)c1F. The van der Waals surface area contributed by atoms with Gasteiger partial charge in [0.15, 0.2) is 11.6 Å². The standard InChI is InChI=1S/C13H11F4N3O/c1-8-11(14)12(20-7-19-8)18-6-9-2-4-10(5-3-9)21-13(15,16)17/h2-5,7H,6H2,1H3,(H,18,19,20). The molecule has 8 heteroatoms. The van der Waals surface area contributed by atoms with Crippen LogP contribution in [0, 0.1) is 12.7 Å². The molecular weight excluding hydrogens is 290 g/mol. The van der Waals surface area contributed by atoms with Gasteiger partial charge in [-0.2, -0.15) is 0 Å². The summed E-state index contributed by atoms with van der Waals surface area (Å²) >= 11 is 0. The fourth-order valence-electron chi connectivity index (χ4n) is 1.58. The Morgan fingerprint density at radius 2 is 1.81 bits per heavy atom. The number of ether oxygens (including phenoxy) is 1. The minimum atomic E-state index is -4.72. The van der Waals surface area contributed by atoms with Crippen molar-refractivity contribution < 1.29 is 22.3 Å². The van der Waals surface area contributed by atoms with E-state index in [1.807, 2.05) is 0 Å². The lowest BCUT2D eigenvalue weighted by molar-refractivity contribution is -0.274. The summed E-state index contributed by atoms with van der Waals surface area (Å²) in [5.74, 6) is -0.831. The molecule has 0 saturated heterocycles. The Hall–Kier alpha value is -2.38. The summed E-state index contributed by atoms with van der Waals surface area (Å²) in [6.07, 6.45) is -3.50. The molecule has 0 aliphatic heterocycles. The van der Waals surface area contributed by atoms with Gasteiger partial charge in [0.25, 0.3) is 0 Å². The van der Waals surface area contributed by atoms with Crippen molar-refractivity contribution >= 4 is 5.82 Å². The van der Waals surface area contributed by atoms with Crippen LogP contribution in [0.4, 0.5) is 23.4 Å². The van der Waals surface area contributed by atoms with Crippen molar-refractivity contribution in [3.8, 4) is 5.75 Å². The van der Waals surface area contributed by atoms with E-state index in [2.05, 4.69) is 20.0 Å². The van der Waals surface area contributed by atoms with E-state index in [1.54, 1.807) is 0 Å². The molecule has 1 aromatic carbocycles. The zero-order chi connectivity index (χ0) is 15.5. The Morgan fingerprint density at radius 1 is 1.14 bits per heavy atom. The van der Waals surface area contributed by atoms with Crippen molar-refractivity contribution in [3.05, 3.63) is 47.7 Å². The fraction of sp³-hybridized carbons (Fsp3) is 0.231. The molecule has 0 bridgehead atoms. The van der Waals surface area contributed by atoms with E-state index in [1.165, 1.54) is 37.5 Å². The average Bonchev–Trinajstić information content (AvgIpc) is 2.40. The molecular formula is C13H11F4N3O. The van der Waals surface area contributed by atoms with Gasteiger partial charge < -0.3 is 10.1 Å². The van der Waals surface area contributed by atoms with Gasteiger partial charge in [0.2, 0.25) is 0 Å². The second-order valence-corrected chi connectivity index (χ2v) is 4.17. The van der Waals surface area contributed by atoms with E-state index in [0.717, 1.165) is 0 Å². The maximum Gasteiger partial charge on any atom is 0.573 e. The largest absolute Gasteiger partial charge is 0.573 e. The minimum Gasteiger partial charge on any atom is -0.406 e. The first-order valence-electron chi connectivity index (χ1n) is 5.91. The van der Waals surface area contributed by atoms with Crippen molar-refractivity contribution in [2.75, 3.05) is 5.32 Å². The highest BCUT2D eigenvalue weighted by atomic mass is 19.4. The van der Waals surface area contributed by atoms with Crippen LogP contribution in [-0.4, -0.2) is 16.3 Å². The first-order chi connectivity index (χ1) is 9.85. The van der Waals surface area contributed by atoms with Crippen molar-refractivity contribution in [2.24, 2.45) is 0 Å². The number of aromatic nitrogens is 2. The van der Waals surface area contributed by atoms with Gasteiger partial charge in [0.05, 0.1) is 5.69 Å². The van der Waals surface area contributed by atoms with Gasteiger partial charge in [0.1, 0.15) is 12.1 Å². The third kappa shape index (κ3) is 4.30. The second-order valence-electron chi connectivity index (χ2n) is 4.17. The number of alkyl halides is 3. The monoisotopic (exact) mass is 301 g/mol. The molecule has 0 aliphatic carbocycles. The molecule has 1 heterocycles. The van der Waals surface area contributed by atoms with Crippen LogP contribution in [0.2, 0.25) is 0 Å². The van der Waals surface area contributed by atoms with Crippen LogP contribution >= 0.6 is 0 Å². The number of benzene rings is 1. The zero-order valence-electron chi connectivity index (χ0n) is 10.9. The average molecular weight is 301 g/mol. The van der Waals surface area contributed by atoms with Gasteiger partial charge in [-0.05, 0) is 24.6 Å². The van der Waals surface area contributed by atoms with Crippen LogP contribution in [0.5, 0.6) is 5.75 Å². The molecule has 112 valence electrons. The van der Waals surface area contributed by atoms with E-state index < -0.39 is 12.2 Å². The minimum absolute atomic E-state index is 0.0399. The second kappa shape index (κ2) is 5.94. The number of hydrogen-bond donors (Lipinski definition) is 1. The molecule has 0 fully saturated rings. The number of nitrogens with zero attached hydrogens (tertiary/aromatic N) is 2. The van der Waals surface area contributed by atoms with E-state index in [0.29, 0.717) is 5.56 Å². The lowest BCUT2D eigenvalue weighted by atomic mass is 10.2. The normalized spacial score (nSPS) is 11.3. The smallest absolute Gasteiger partial charge is 0.406 e. The first kappa shape index (κ1) is 15.0. The molecule has 0 saturated carbocycles. The van der Waals surface area contributed by atoms with Crippen LogP contribution < -0.4 is 10.1 Å². The summed E-state index contributed by atoms with van der Waals surface area (Å²) in [5, 5.41) is 2.75. The fourth-order valence-corrected chi connectivity index (χ4v) is 1.58. The van der Waals surface area contributed by atoms with Gasteiger partial charge >= 0.3 is 6.36 Å². The van der Waals surface area contributed by atoms with Gasteiger partial charge in [-0.25, -0.2) is 14.4 Å². The highest BCUT2D eigenvalue weighted by Gasteiger charge is 2.30. The third-order valence-electron chi connectivity index (χ3n) is 2.58. The summed E-state index contributed by atoms with van der Waals surface area (Å²) in [7, 11) is 0. The topological polar surface area (TPSA) is 47.0 Å². The molecule has 0 unspecified atom stereocenters. The third-order valence-corrected chi connectivity index (χ3v) is 2.58. The highest BCUT2D eigenvalue weighted by Crippen LogP contribution is 2.23. The molecule has 4 nitrogen and oxygen atoms in total. The molecule has 0 aliphatic rings. The Bertz CT molecular complexity index is 614.